The Labute approximate surface area is 225 Å². The number of hydrogen-bond acceptors (Lipinski definition) is 6. The summed E-state index contributed by atoms with van der Waals surface area (Å²) in [6.45, 7) is 0.447. The average molecular weight is 555 g/mol. The largest absolute Gasteiger partial charge is 0.433 e. The molecule has 2 fully saturated rings. The fourth-order valence-corrected chi connectivity index (χ4v) is 7.47. The van der Waals surface area contributed by atoms with E-state index in [1.54, 1.807) is 41.2 Å². The van der Waals surface area contributed by atoms with Crippen molar-refractivity contribution < 1.29 is 26.7 Å². The van der Waals surface area contributed by atoms with Gasteiger partial charge in [-0.25, -0.2) is 21.9 Å². The van der Waals surface area contributed by atoms with Crippen LogP contribution in [0.4, 0.5) is 14.5 Å². The molecule has 3 aromatic rings. The smallest absolute Gasteiger partial charge is 0.320 e. The number of fused-ring (bicyclic) bond motifs is 2. The van der Waals surface area contributed by atoms with E-state index in [1.165, 1.54) is 16.4 Å². The quantitative estimate of drug-likeness (QED) is 0.427. The van der Waals surface area contributed by atoms with Crippen LogP contribution in [-0.2, 0) is 26.0 Å². The molecule has 0 bridgehead atoms. The number of carbonyl (C=O) groups excluding carboxylic acids is 1. The third-order valence-corrected chi connectivity index (χ3v) is 9.80. The molecule has 0 amide bonds. The van der Waals surface area contributed by atoms with Crippen LogP contribution in [0.25, 0.3) is 11.8 Å². The molecule has 8 nitrogen and oxygen atoms in total. The summed E-state index contributed by atoms with van der Waals surface area (Å²) in [6.07, 6.45) is 5.92. The van der Waals surface area contributed by atoms with Gasteiger partial charge in [0.15, 0.2) is 0 Å². The monoisotopic (exact) mass is 554 g/mol. The Morgan fingerprint density at radius 3 is 2.56 bits per heavy atom. The summed E-state index contributed by atoms with van der Waals surface area (Å²) < 4.78 is 62.2. The standard InChI is InChI=1S/C28H28F2N4O4S/c29-19-38-27(35)28-16-20-17-31-34(23-8-6-22(30)7-9-23)26(20)14-21(28)10-13-33(18-28)39(36,37)25-5-3-4-24(15-25)32-11-1-2-12-32/h3-9,14-15,17H,1-2,10-13,16,18-19H2/t28-/m0/s1. The molecule has 1 aromatic heterocycles. The lowest BCUT2D eigenvalue weighted by molar-refractivity contribution is -0.159. The van der Waals surface area contributed by atoms with E-state index in [4.69, 9.17) is 4.74 Å². The minimum Gasteiger partial charge on any atom is -0.433 e. The SMILES string of the molecule is O=C(OCF)[C@]12Cc3cnn(-c4ccc(F)cc4)c3C=C1CCN(S(=O)(=O)c1cccc(N3CCCC3)c1)C2. The second-order valence-electron chi connectivity index (χ2n) is 10.2. The van der Waals surface area contributed by atoms with Crippen molar-refractivity contribution >= 4 is 27.8 Å². The summed E-state index contributed by atoms with van der Waals surface area (Å²) in [7, 11) is -3.95. The van der Waals surface area contributed by atoms with Gasteiger partial charge in [0.25, 0.3) is 0 Å². The molecule has 0 spiro atoms. The van der Waals surface area contributed by atoms with Crippen molar-refractivity contribution in [1.82, 2.24) is 14.1 Å². The van der Waals surface area contributed by atoms with Crippen molar-refractivity contribution in [3.8, 4) is 5.69 Å². The molecule has 2 aromatic carbocycles. The summed E-state index contributed by atoms with van der Waals surface area (Å²) in [4.78, 5) is 15.6. The molecule has 2 saturated heterocycles. The van der Waals surface area contributed by atoms with Crippen LogP contribution in [0.1, 0.15) is 30.5 Å². The van der Waals surface area contributed by atoms with E-state index in [1.807, 2.05) is 12.1 Å². The zero-order valence-electron chi connectivity index (χ0n) is 21.2. The Bertz CT molecular complexity index is 1550. The van der Waals surface area contributed by atoms with Gasteiger partial charge in [0, 0.05) is 31.9 Å². The van der Waals surface area contributed by atoms with E-state index in [9.17, 15) is 22.0 Å². The van der Waals surface area contributed by atoms with E-state index in [0.717, 1.165) is 37.3 Å². The van der Waals surface area contributed by atoms with E-state index in [-0.39, 0.29) is 36.6 Å². The Morgan fingerprint density at radius 2 is 1.82 bits per heavy atom. The maximum atomic E-state index is 13.8. The van der Waals surface area contributed by atoms with Crippen molar-refractivity contribution in [1.29, 1.82) is 0 Å². The molecule has 2 aliphatic heterocycles. The van der Waals surface area contributed by atoms with Gasteiger partial charge in [0.05, 0.1) is 22.5 Å². The lowest BCUT2D eigenvalue weighted by atomic mass is 9.69. The first-order chi connectivity index (χ1) is 18.8. The predicted octanol–water partition coefficient (Wildman–Crippen LogP) is 4.10. The first-order valence-corrected chi connectivity index (χ1v) is 14.4. The molecule has 1 aliphatic carbocycles. The van der Waals surface area contributed by atoms with Crippen molar-refractivity contribution in [2.24, 2.45) is 5.41 Å². The number of benzene rings is 2. The number of esters is 1. The molecule has 11 heteroatoms. The average Bonchev–Trinajstić information content (AvgIpc) is 3.62. The fraction of sp³-hybridized carbons (Fsp3) is 0.357. The van der Waals surface area contributed by atoms with E-state index in [0.29, 0.717) is 16.8 Å². The number of alkyl halides is 1. The molecule has 1 atom stereocenters. The highest BCUT2D eigenvalue weighted by Crippen LogP contribution is 2.46. The maximum Gasteiger partial charge on any atom is 0.320 e. The molecule has 0 N–H and O–H groups in total. The number of piperidine rings is 1. The van der Waals surface area contributed by atoms with Gasteiger partial charge in [0.2, 0.25) is 16.9 Å². The lowest BCUT2D eigenvalue weighted by Gasteiger charge is -2.43. The summed E-state index contributed by atoms with van der Waals surface area (Å²) in [5.74, 6) is -1.17. The van der Waals surface area contributed by atoms with Gasteiger partial charge in [-0.1, -0.05) is 6.07 Å². The van der Waals surface area contributed by atoms with Crippen LogP contribution in [0.3, 0.4) is 0 Å². The highest BCUT2D eigenvalue weighted by atomic mass is 32.2. The van der Waals surface area contributed by atoms with Crippen molar-refractivity contribution in [3.63, 3.8) is 0 Å². The maximum absolute atomic E-state index is 13.8. The number of halogens is 2. The molecule has 6 rings (SSSR count). The van der Waals surface area contributed by atoms with Crippen LogP contribution >= 0.6 is 0 Å². The third-order valence-electron chi connectivity index (χ3n) is 7.96. The summed E-state index contributed by atoms with van der Waals surface area (Å²) >= 11 is 0. The highest BCUT2D eigenvalue weighted by Gasteiger charge is 2.52. The van der Waals surface area contributed by atoms with Gasteiger partial charge in [-0.2, -0.15) is 9.40 Å². The van der Waals surface area contributed by atoms with Gasteiger partial charge < -0.3 is 9.64 Å². The molecular formula is C28H28F2N4O4S. The van der Waals surface area contributed by atoms with Crippen molar-refractivity contribution in [2.45, 2.75) is 30.6 Å². The molecule has 204 valence electrons. The molecular weight excluding hydrogens is 526 g/mol. The topological polar surface area (TPSA) is 84.7 Å². The highest BCUT2D eigenvalue weighted by molar-refractivity contribution is 7.89. The van der Waals surface area contributed by atoms with E-state index in [2.05, 4.69) is 10.00 Å². The Morgan fingerprint density at radius 1 is 1.05 bits per heavy atom. The second-order valence-corrected chi connectivity index (χ2v) is 12.1. The number of hydrogen-bond donors (Lipinski definition) is 0. The lowest BCUT2D eigenvalue weighted by Crippen LogP contribution is -2.53. The van der Waals surface area contributed by atoms with E-state index < -0.39 is 28.3 Å². The first-order valence-electron chi connectivity index (χ1n) is 12.9. The number of anilines is 1. The predicted molar refractivity (Wildman–Crippen MR) is 141 cm³/mol. The molecule has 39 heavy (non-hydrogen) atoms. The molecule has 0 saturated carbocycles. The number of sulfonamides is 1. The van der Waals surface area contributed by atoms with Crippen LogP contribution in [0, 0.1) is 11.2 Å². The number of carbonyl (C=O) groups is 1. The van der Waals surface area contributed by atoms with Crippen LogP contribution in [0.5, 0.6) is 0 Å². The van der Waals surface area contributed by atoms with Gasteiger partial charge in [0.1, 0.15) is 11.2 Å². The molecule has 3 heterocycles. The molecule has 3 aliphatic rings. The summed E-state index contributed by atoms with van der Waals surface area (Å²) in [5.41, 5.74) is 2.19. The van der Waals surface area contributed by atoms with E-state index >= 15 is 0 Å². The fourth-order valence-electron chi connectivity index (χ4n) is 5.93. The van der Waals surface area contributed by atoms with Gasteiger partial charge in [-0.15, -0.1) is 0 Å². The minimum atomic E-state index is -3.95. The molecule has 0 unspecified atom stereocenters. The first kappa shape index (κ1) is 25.7. The Balaban J connectivity index is 1.35. The normalized spacial score (nSPS) is 21.3. The number of aromatic nitrogens is 2. The van der Waals surface area contributed by atoms with Crippen molar-refractivity contribution in [2.75, 3.05) is 37.9 Å². The third kappa shape index (κ3) is 4.43. The number of nitrogens with zero attached hydrogens (tertiary/aromatic N) is 4. The summed E-state index contributed by atoms with van der Waals surface area (Å²) in [6, 6.07) is 12.8. The molecule has 0 radical (unpaired) electrons. The number of ether oxygens (including phenoxy) is 1. The van der Waals surface area contributed by atoms with Crippen molar-refractivity contribution in [3.05, 3.63) is 77.4 Å². The van der Waals surface area contributed by atoms with Crippen LogP contribution < -0.4 is 4.90 Å². The second kappa shape index (κ2) is 9.87. The van der Waals surface area contributed by atoms with Gasteiger partial charge >= 0.3 is 5.97 Å². The van der Waals surface area contributed by atoms with Gasteiger partial charge in [-0.3, -0.25) is 4.79 Å². The van der Waals surface area contributed by atoms with Crippen LogP contribution in [0.2, 0.25) is 0 Å². The van der Waals surface area contributed by atoms with Crippen LogP contribution in [0.15, 0.2) is 65.2 Å². The Kier molecular flexibility index (Phi) is 6.50. The summed E-state index contributed by atoms with van der Waals surface area (Å²) in [5, 5.41) is 4.44. The zero-order chi connectivity index (χ0) is 27.2. The Hall–Kier alpha value is -3.57. The number of rotatable bonds is 6. The minimum absolute atomic E-state index is 0.105. The zero-order valence-corrected chi connectivity index (χ0v) is 22.0. The van der Waals surface area contributed by atoms with Crippen LogP contribution in [-0.4, -0.2) is 61.5 Å². The van der Waals surface area contributed by atoms with Gasteiger partial charge in [-0.05, 0) is 85.4 Å².